The first-order valence-electron chi connectivity index (χ1n) is 7.03. The molecular weight excluding hydrogens is 285 g/mol. The van der Waals surface area contributed by atoms with E-state index in [0.29, 0.717) is 31.9 Å². The molecular formula is C16H18FN3O2. The summed E-state index contributed by atoms with van der Waals surface area (Å²) in [7, 11) is 0. The fraction of sp³-hybridized carbons (Fsp3) is 0.250. The highest BCUT2D eigenvalue weighted by atomic mass is 19.1. The minimum Gasteiger partial charge on any atom is -0.494 e. The van der Waals surface area contributed by atoms with Crippen molar-refractivity contribution in [2.45, 2.75) is 13.0 Å². The van der Waals surface area contributed by atoms with E-state index in [1.165, 1.54) is 12.1 Å². The first-order chi connectivity index (χ1) is 10.7. The van der Waals surface area contributed by atoms with Crippen LogP contribution in [0.2, 0.25) is 0 Å². The normalized spacial score (nSPS) is 10.0. The van der Waals surface area contributed by atoms with Gasteiger partial charge in [0.25, 0.3) is 0 Å². The van der Waals surface area contributed by atoms with E-state index in [9.17, 15) is 9.18 Å². The Morgan fingerprint density at radius 1 is 1.09 bits per heavy atom. The predicted octanol–water partition coefficient (Wildman–Crippen LogP) is 2.49. The number of amides is 2. The van der Waals surface area contributed by atoms with E-state index in [-0.39, 0.29) is 11.8 Å². The first kappa shape index (κ1) is 15.8. The lowest BCUT2D eigenvalue weighted by molar-refractivity contribution is 0.238. The van der Waals surface area contributed by atoms with Crippen LogP contribution in [0.5, 0.6) is 5.75 Å². The molecule has 2 aromatic rings. The molecule has 0 aliphatic rings. The third-order valence-electron chi connectivity index (χ3n) is 2.89. The SMILES string of the molecule is O=C(NCCCOc1ccc(F)cc1)NCc1ccncc1. The number of nitrogens with one attached hydrogen (secondary N) is 2. The van der Waals surface area contributed by atoms with Crippen molar-refractivity contribution in [3.05, 3.63) is 60.2 Å². The average Bonchev–Trinajstić information content (AvgIpc) is 2.55. The van der Waals surface area contributed by atoms with E-state index in [1.54, 1.807) is 24.5 Å². The van der Waals surface area contributed by atoms with E-state index < -0.39 is 0 Å². The van der Waals surface area contributed by atoms with Crippen LogP contribution >= 0.6 is 0 Å². The molecule has 0 radical (unpaired) electrons. The Kier molecular flexibility index (Phi) is 6.17. The number of pyridine rings is 1. The first-order valence-corrected chi connectivity index (χ1v) is 7.03. The predicted molar refractivity (Wildman–Crippen MR) is 81.0 cm³/mol. The summed E-state index contributed by atoms with van der Waals surface area (Å²) in [5.41, 5.74) is 0.991. The van der Waals surface area contributed by atoms with E-state index in [4.69, 9.17) is 4.74 Å². The van der Waals surface area contributed by atoms with Crippen molar-refractivity contribution in [3.8, 4) is 5.75 Å². The van der Waals surface area contributed by atoms with E-state index in [0.717, 1.165) is 5.56 Å². The summed E-state index contributed by atoms with van der Waals surface area (Å²) in [5, 5.41) is 5.50. The number of benzene rings is 1. The van der Waals surface area contributed by atoms with Crippen LogP contribution in [0.15, 0.2) is 48.8 Å². The number of halogens is 1. The molecule has 2 N–H and O–H groups in total. The van der Waals surface area contributed by atoms with Gasteiger partial charge < -0.3 is 15.4 Å². The van der Waals surface area contributed by atoms with Crippen LogP contribution < -0.4 is 15.4 Å². The van der Waals surface area contributed by atoms with Crippen molar-refractivity contribution >= 4 is 6.03 Å². The van der Waals surface area contributed by atoms with Gasteiger partial charge in [0.1, 0.15) is 11.6 Å². The van der Waals surface area contributed by atoms with Crippen LogP contribution in [-0.2, 0) is 6.54 Å². The largest absolute Gasteiger partial charge is 0.494 e. The molecule has 0 saturated carbocycles. The molecule has 1 aromatic heterocycles. The summed E-state index contributed by atoms with van der Waals surface area (Å²) < 4.78 is 18.1. The molecule has 1 heterocycles. The van der Waals surface area contributed by atoms with E-state index in [1.807, 2.05) is 12.1 Å². The molecule has 0 atom stereocenters. The fourth-order valence-electron chi connectivity index (χ4n) is 1.74. The standard InChI is InChI=1S/C16H18FN3O2/c17-14-2-4-15(5-3-14)22-11-1-8-19-16(21)20-12-13-6-9-18-10-7-13/h2-7,9-10H,1,8,11-12H2,(H2,19,20,21). The Balaban J connectivity index is 1.54. The second-order valence-electron chi connectivity index (χ2n) is 4.62. The Bertz CT molecular complexity index is 576. The molecule has 5 nitrogen and oxygen atoms in total. The average molecular weight is 303 g/mol. The number of carbonyl (C=O) groups excluding carboxylic acids is 1. The van der Waals surface area contributed by atoms with Crippen molar-refractivity contribution in [2.24, 2.45) is 0 Å². The topological polar surface area (TPSA) is 63.2 Å². The summed E-state index contributed by atoms with van der Waals surface area (Å²) in [6, 6.07) is 9.31. The monoisotopic (exact) mass is 303 g/mol. The highest BCUT2D eigenvalue weighted by Crippen LogP contribution is 2.10. The number of rotatable bonds is 7. The summed E-state index contributed by atoms with van der Waals surface area (Å²) in [6.07, 6.45) is 4.03. The maximum absolute atomic E-state index is 12.7. The van der Waals surface area contributed by atoms with Crippen molar-refractivity contribution in [1.82, 2.24) is 15.6 Å². The lowest BCUT2D eigenvalue weighted by atomic mass is 10.3. The maximum Gasteiger partial charge on any atom is 0.315 e. The summed E-state index contributed by atoms with van der Waals surface area (Å²) in [5.74, 6) is 0.323. The van der Waals surface area contributed by atoms with Gasteiger partial charge in [-0.2, -0.15) is 0 Å². The molecule has 2 rings (SSSR count). The second kappa shape index (κ2) is 8.61. The highest BCUT2D eigenvalue weighted by Gasteiger charge is 2.00. The zero-order valence-electron chi connectivity index (χ0n) is 12.1. The van der Waals surface area contributed by atoms with Crippen molar-refractivity contribution in [3.63, 3.8) is 0 Å². The van der Waals surface area contributed by atoms with Gasteiger partial charge in [-0.25, -0.2) is 9.18 Å². The van der Waals surface area contributed by atoms with Crippen molar-refractivity contribution in [1.29, 1.82) is 0 Å². The quantitative estimate of drug-likeness (QED) is 0.772. The number of hydrogen-bond donors (Lipinski definition) is 2. The van der Waals surface area contributed by atoms with Crippen LogP contribution in [0.4, 0.5) is 9.18 Å². The van der Waals surface area contributed by atoms with Gasteiger partial charge in [-0.05, 0) is 48.4 Å². The molecule has 0 saturated heterocycles. The molecule has 0 fully saturated rings. The summed E-state index contributed by atoms with van der Waals surface area (Å²) in [6.45, 7) is 1.42. The van der Waals surface area contributed by atoms with Gasteiger partial charge in [-0.15, -0.1) is 0 Å². The maximum atomic E-state index is 12.7. The molecule has 0 spiro atoms. The molecule has 0 bridgehead atoms. The molecule has 0 aliphatic heterocycles. The molecule has 2 amide bonds. The lowest BCUT2D eigenvalue weighted by Gasteiger charge is -2.08. The van der Waals surface area contributed by atoms with Gasteiger partial charge in [0.15, 0.2) is 0 Å². The fourth-order valence-corrected chi connectivity index (χ4v) is 1.74. The molecule has 22 heavy (non-hydrogen) atoms. The Morgan fingerprint density at radius 2 is 1.82 bits per heavy atom. The molecule has 0 unspecified atom stereocenters. The Hall–Kier alpha value is -2.63. The highest BCUT2D eigenvalue weighted by molar-refractivity contribution is 5.73. The molecule has 116 valence electrons. The van der Waals surface area contributed by atoms with E-state index in [2.05, 4.69) is 15.6 Å². The zero-order chi connectivity index (χ0) is 15.6. The van der Waals surface area contributed by atoms with Crippen LogP contribution in [-0.4, -0.2) is 24.2 Å². The Labute approximate surface area is 128 Å². The van der Waals surface area contributed by atoms with Crippen LogP contribution in [0.25, 0.3) is 0 Å². The molecule has 1 aromatic carbocycles. The number of urea groups is 1. The third kappa shape index (κ3) is 5.78. The van der Waals surface area contributed by atoms with Gasteiger partial charge in [-0.3, -0.25) is 4.98 Å². The van der Waals surface area contributed by atoms with Crippen LogP contribution in [0, 0.1) is 5.82 Å². The van der Waals surface area contributed by atoms with Gasteiger partial charge in [-0.1, -0.05) is 0 Å². The second-order valence-corrected chi connectivity index (χ2v) is 4.62. The summed E-state index contributed by atoms with van der Waals surface area (Å²) in [4.78, 5) is 15.5. The third-order valence-corrected chi connectivity index (χ3v) is 2.89. The zero-order valence-corrected chi connectivity index (χ0v) is 12.1. The number of carbonyl (C=O) groups is 1. The van der Waals surface area contributed by atoms with Crippen molar-refractivity contribution < 1.29 is 13.9 Å². The number of aromatic nitrogens is 1. The number of nitrogens with zero attached hydrogens (tertiary/aromatic N) is 1. The lowest BCUT2D eigenvalue weighted by Crippen LogP contribution is -2.36. The van der Waals surface area contributed by atoms with Gasteiger partial charge in [0.05, 0.1) is 6.61 Å². The summed E-state index contributed by atoms with van der Waals surface area (Å²) >= 11 is 0. The van der Waals surface area contributed by atoms with E-state index >= 15 is 0 Å². The minimum atomic E-state index is -0.292. The van der Waals surface area contributed by atoms with Gasteiger partial charge in [0.2, 0.25) is 0 Å². The molecule has 6 heteroatoms. The Morgan fingerprint density at radius 3 is 2.55 bits per heavy atom. The minimum absolute atomic E-state index is 0.224. The number of hydrogen-bond acceptors (Lipinski definition) is 3. The van der Waals surface area contributed by atoms with Crippen LogP contribution in [0.1, 0.15) is 12.0 Å². The number of ether oxygens (including phenoxy) is 1. The molecule has 0 aliphatic carbocycles. The smallest absolute Gasteiger partial charge is 0.315 e. The van der Waals surface area contributed by atoms with Crippen LogP contribution in [0.3, 0.4) is 0 Å². The van der Waals surface area contributed by atoms with Crippen molar-refractivity contribution in [2.75, 3.05) is 13.2 Å². The van der Waals surface area contributed by atoms with Gasteiger partial charge >= 0.3 is 6.03 Å². The van der Waals surface area contributed by atoms with Gasteiger partial charge in [0, 0.05) is 25.5 Å².